The molecule has 16 heavy (non-hydrogen) atoms. The number of hydrogen-bond acceptors (Lipinski definition) is 4. The van der Waals surface area contributed by atoms with Crippen LogP contribution in [0.5, 0.6) is 0 Å². The Bertz CT molecular complexity index is 304. The molecule has 1 aromatic heterocycles. The van der Waals surface area contributed by atoms with Crippen molar-refractivity contribution in [3.63, 3.8) is 0 Å². The minimum Gasteiger partial charge on any atom is -0.394 e. The van der Waals surface area contributed by atoms with Crippen LogP contribution >= 0.6 is 11.6 Å². The number of aromatic nitrogens is 1. The first-order chi connectivity index (χ1) is 7.65. The van der Waals surface area contributed by atoms with E-state index in [9.17, 15) is 10.2 Å². The van der Waals surface area contributed by atoms with Crippen molar-refractivity contribution in [2.45, 2.75) is 25.4 Å². The monoisotopic (exact) mass is 244 g/mol. The summed E-state index contributed by atoms with van der Waals surface area (Å²) in [6.45, 7) is 2.26. The molecule has 0 radical (unpaired) electrons. The van der Waals surface area contributed by atoms with Gasteiger partial charge in [0.2, 0.25) is 0 Å². The van der Waals surface area contributed by atoms with Gasteiger partial charge < -0.3 is 15.5 Å². The van der Waals surface area contributed by atoms with Crippen LogP contribution in [0.2, 0.25) is 5.15 Å². The van der Waals surface area contributed by atoms with E-state index in [0.29, 0.717) is 18.1 Å². The van der Waals surface area contributed by atoms with Crippen molar-refractivity contribution in [1.29, 1.82) is 0 Å². The summed E-state index contributed by atoms with van der Waals surface area (Å²) in [5.41, 5.74) is 0.337. The largest absolute Gasteiger partial charge is 0.394 e. The lowest BCUT2D eigenvalue weighted by Gasteiger charge is -2.29. The lowest BCUT2D eigenvalue weighted by atomic mass is 9.98. The van der Waals surface area contributed by atoms with Gasteiger partial charge >= 0.3 is 0 Å². The Morgan fingerprint density at radius 3 is 2.50 bits per heavy atom. The van der Waals surface area contributed by atoms with E-state index in [0.717, 1.165) is 5.56 Å². The third-order valence-corrected chi connectivity index (χ3v) is 2.96. The summed E-state index contributed by atoms with van der Waals surface area (Å²) in [7, 11) is 0. The van der Waals surface area contributed by atoms with Gasteiger partial charge in [-0.1, -0.05) is 24.6 Å². The number of hydrogen-bond donors (Lipinski definition) is 3. The lowest BCUT2D eigenvalue weighted by molar-refractivity contribution is 0.0864. The zero-order chi connectivity index (χ0) is 12.0. The first-order valence-electron chi connectivity index (χ1n) is 5.23. The van der Waals surface area contributed by atoms with E-state index < -0.39 is 5.54 Å². The van der Waals surface area contributed by atoms with Crippen molar-refractivity contribution >= 4 is 11.6 Å². The standard InChI is InChI=1S/C11H17ClN2O2/c1-2-11(7-15,8-16)14-6-9-3-4-10(12)13-5-9/h3-5,14-16H,2,6-8H2,1H3. The average Bonchev–Trinajstić information content (AvgIpc) is 2.34. The molecule has 0 saturated heterocycles. The molecule has 90 valence electrons. The normalized spacial score (nSPS) is 11.8. The fourth-order valence-electron chi connectivity index (χ4n) is 1.31. The first-order valence-corrected chi connectivity index (χ1v) is 5.61. The molecule has 0 aromatic carbocycles. The van der Waals surface area contributed by atoms with Crippen molar-refractivity contribution in [2.24, 2.45) is 0 Å². The second kappa shape index (κ2) is 6.15. The topological polar surface area (TPSA) is 65.4 Å². The molecule has 0 atom stereocenters. The molecule has 0 spiro atoms. The highest BCUT2D eigenvalue weighted by Gasteiger charge is 2.25. The zero-order valence-corrected chi connectivity index (χ0v) is 10.0. The Kier molecular flexibility index (Phi) is 5.15. The Balaban J connectivity index is 2.58. The van der Waals surface area contributed by atoms with Gasteiger partial charge in [0.15, 0.2) is 0 Å². The highest BCUT2D eigenvalue weighted by molar-refractivity contribution is 6.29. The second-order valence-electron chi connectivity index (χ2n) is 3.79. The molecule has 4 nitrogen and oxygen atoms in total. The summed E-state index contributed by atoms with van der Waals surface area (Å²) < 4.78 is 0. The van der Waals surface area contributed by atoms with E-state index in [1.54, 1.807) is 12.3 Å². The molecule has 0 saturated carbocycles. The zero-order valence-electron chi connectivity index (χ0n) is 9.28. The lowest BCUT2D eigenvalue weighted by Crippen LogP contribution is -2.50. The number of halogens is 1. The van der Waals surface area contributed by atoms with Crippen molar-refractivity contribution in [3.05, 3.63) is 29.0 Å². The van der Waals surface area contributed by atoms with Gasteiger partial charge in [0.25, 0.3) is 0 Å². The molecular weight excluding hydrogens is 228 g/mol. The average molecular weight is 245 g/mol. The highest BCUT2D eigenvalue weighted by Crippen LogP contribution is 2.11. The van der Waals surface area contributed by atoms with Crippen LogP contribution in [-0.4, -0.2) is 33.9 Å². The molecular formula is C11H17ClN2O2. The van der Waals surface area contributed by atoms with Crippen LogP contribution in [0.15, 0.2) is 18.3 Å². The Hall–Kier alpha value is -0.680. The Morgan fingerprint density at radius 1 is 1.38 bits per heavy atom. The van der Waals surface area contributed by atoms with E-state index in [2.05, 4.69) is 10.3 Å². The minimum atomic E-state index is -0.625. The van der Waals surface area contributed by atoms with Crippen LogP contribution in [0.25, 0.3) is 0 Å². The molecule has 0 amide bonds. The fraction of sp³-hybridized carbons (Fsp3) is 0.545. The van der Waals surface area contributed by atoms with Gasteiger partial charge in [-0.2, -0.15) is 0 Å². The SMILES string of the molecule is CCC(CO)(CO)NCc1ccc(Cl)nc1. The molecule has 3 N–H and O–H groups in total. The van der Waals surface area contributed by atoms with Crippen LogP contribution in [-0.2, 0) is 6.54 Å². The third-order valence-electron chi connectivity index (χ3n) is 2.74. The Labute approximate surface area is 100 Å². The molecule has 0 bridgehead atoms. The maximum atomic E-state index is 9.24. The Morgan fingerprint density at radius 2 is 2.06 bits per heavy atom. The molecule has 0 aliphatic carbocycles. The second-order valence-corrected chi connectivity index (χ2v) is 4.18. The summed E-state index contributed by atoms with van der Waals surface area (Å²) in [6.07, 6.45) is 2.32. The third kappa shape index (κ3) is 3.42. The molecule has 1 rings (SSSR count). The van der Waals surface area contributed by atoms with Crippen molar-refractivity contribution in [2.75, 3.05) is 13.2 Å². The van der Waals surface area contributed by atoms with Crippen molar-refractivity contribution in [3.8, 4) is 0 Å². The molecule has 1 aromatic rings. The number of nitrogens with one attached hydrogen (secondary N) is 1. The van der Waals surface area contributed by atoms with Gasteiger partial charge in [-0.15, -0.1) is 0 Å². The summed E-state index contributed by atoms with van der Waals surface area (Å²) in [5.74, 6) is 0. The maximum Gasteiger partial charge on any atom is 0.129 e. The van der Waals surface area contributed by atoms with Gasteiger partial charge in [0.1, 0.15) is 5.15 Å². The van der Waals surface area contributed by atoms with Crippen LogP contribution in [0.1, 0.15) is 18.9 Å². The minimum absolute atomic E-state index is 0.0962. The van der Waals surface area contributed by atoms with Crippen LogP contribution < -0.4 is 5.32 Å². The number of nitrogens with zero attached hydrogens (tertiary/aromatic N) is 1. The van der Waals surface area contributed by atoms with Gasteiger partial charge in [-0.05, 0) is 18.1 Å². The summed E-state index contributed by atoms with van der Waals surface area (Å²) in [5, 5.41) is 22.1. The summed E-state index contributed by atoms with van der Waals surface area (Å²) in [6, 6.07) is 3.57. The van der Waals surface area contributed by atoms with E-state index in [1.807, 2.05) is 13.0 Å². The predicted octanol–water partition coefficient (Wildman–Crippen LogP) is 0.958. The molecule has 0 fully saturated rings. The van der Waals surface area contributed by atoms with E-state index in [4.69, 9.17) is 11.6 Å². The van der Waals surface area contributed by atoms with Gasteiger partial charge in [-0.25, -0.2) is 4.98 Å². The van der Waals surface area contributed by atoms with Crippen molar-refractivity contribution in [1.82, 2.24) is 10.3 Å². The number of pyridine rings is 1. The molecule has 0 unspecified atom stereocenters. The molecule has 1 heterocycles. The van der Waals surface area contributed by atoms with E-state index >= 15 is 0 Å². The van der Waals surface area contributed by atoms with Gasteiger partial charge in [0, 0.05) is 12.7 Å². The van der Waals surface area contributed by atoms with Crippen molar-refractivity contribution < 1.29 is 10.2 Å². The van der Waals surface area contributed by atoms with Crippen LogP contribution in [0.3, 0.4) is 0 Å². The molecule has 0 aliphatic heterocycles. The predicted molar refractivity (Wildman–Crippen MR) is 63.3 cm³/mol. The van der Waals surface area contributed by atoms with Crippen LogP contribution in [0, 0.1) is 0 Å². The number of aliphatic hydroxyl groups is 2. The fourth-order valence-corrected chi connectivity index (χ4v) is 1.42. The summed E-state index contributed by atoms with van der Waals surface area (Å²) in [4.78, 5) is 3.96. The first kappa shape index (κ1) is 13.4. The van der Waals surface area contributed by atoms with Crippen LogP contribution in [0.4, 0.5) is 0 Å². The van der Waals surface area contributed by atoms with Gasteiger partial charge in [-0.3, -0.25) is 0 Å². The quantitative estimate of drug-likeness (QED) is 0.652. The van der Waals surface area contributed by atoms with Gasteiger partial charge in [0.05, 0.1) is 18.8 Å². The molecule has 5 heteroatoms. The van der Waals surface area contributed by atoms with E-state index in [1.165, 1.54) is 0 Å². The number of aliphatic hydroxyl groups excluding tert-OH is 2. The maximum absolute atomic E-state index is 9.24. The highest BCUT2D eigenvalue weighted by atomic mass is 35.5. The van der Waals surface area contributed by atoms with E-state index in [-0.39, 0.29) is 13.2 Å². The number of rotatable bonds is 6. The molecule has 0 aliphatic rings. The smallest absolute Gasteiger partial charge is 0.129 e. The summed E-state index contributed by atoms with van der Waals surface area (Å²) >= 11 is 5.67.